The van der Waals surface area contributed by atoms with Crippen molar-refractivity contribution in [1.29, 1.82) is 5.26 Å². The number of aromatic carboxylic acids is 1. The van der Waals surface area contributed by atoms with Crippen molar-refractivity contribution in [2.45, 2.75) is 32.4 Å². The first-order valence-electron chi connectivity index (χ1n) is 5.62. The minimum absolute atomic E-state index is 0. The molecule has 1 heterocycles. The quantitative estimate of drug-likeness (QED) is 0.531. The van der Waals surface area contributed by atoms with Crippen LogP contribution in [0.3, 0.4) is 0 Å². The number of nitrogens with zero attached hydrogens (tertiary/aromatic N) is 3. The fraction of sp³-hybridized carbons (Fsp3) is 0.545. The predicted octanol–water partition coefficient (Wildman–Crippen LogP) is -1.12. The summed E-state index contributed by atoms with van der Waals surface area (Å²) in [5, 5.41) is 17.6. The van der Waals surface area contributed by atoms with E-state index in [0.29, 0.717) is 6.61 Å². The maximum atomic E-state index is 10.9. The molecule has 1 rings (SSSR count). The summed E-state index contributed by atoms with van der Waals surface area (Å²) >= 11 is 0. The normalized spacial score (nSPS) is 10.6. The third-order valence-electron chi connectivity index (χ3n) is 2.31. The summed E-state index contributed by atoms with van der Waals surface area (Å²) in [6, 6.07) is 2.82. The predicted molar refractivity (Wildman–Crippen MR) is 69.1 cm³/mol. The van der Waals surface area contributed by atoms with Crippen molar-refractivity contribution in [3.8, 4) is 6.07 Å². The average molecular weight is 307 g/mol. The molecule has 1 aromatic rings. The van der Waals surface area contributed by atoms with Gasteiger partial charge in [0.1, 0.15) is 12.8 Å². The van der Waals surface area contributed by atoms with Crippen LogP contribution in [-0.4, -0.2) is 35.3 Å². The molecule has 0 aliphatic rings. The van der Waals surface area contributed by atoms with Gasteiger partial charge in [0.2, 0.25) is 5.82 Å². The van der Waals surface area contributed by atoms with Crippen LogP contribution in [0.2, 0.25) is 25.7 Å². The average Bonchev–Trinajstić information content (AvgIpc) is 2.66. The molecule has 19 heavy (non-hydrogen) atoms. The van der Waals surface area contributed by atoms with Crippen LogP contribution in [0.4, 0.5) is 0 Å². The molecule has 8 heteroatoms. The fourth-order valence-electron chi connectivity index (χ4n) is 1.28. The number of aromatic nitrogens is 2. The first-order chi connectivity index (χ1) is 8.33. The Hall–Kier alpha value is -0.0168. The summed E-state index contributed by atoms with van der Waals surface area (Å²) in [6.45, 7) is 7.42. The zero-order valence-electron chi connectivity index (χ0n) is 12.8. The van der Waals surface area contributed by atoms with Crippen LogP contribution in [0.1, 0.15) is 17.7 Å². The van der Waals surface area contributed by atoms with Crippen molar-refractivity contribution in [2.24, 2.45) is 0 Å². The number of hydrogen-bond acceptors (Lipinski definition) is 4. The van der Waals surface area contributed by atoms with Gasteiger partial charge >= 0.3 is 57.4 Å². The number of nitriles is 1. The Labute approximate surface area is 157 Å². The van der Waals surface area contributed by atoms with Crippen LogP contribution in [0.25, 0.3) is 0 Å². The summed E-state index contributed by atoms with van der Waals surface area (Å²) in [6.07, 6.45) is 1.39. The van der Waals surface area contributed by atoms with E-state index in [0.717, 1.165) is 6.04 Å². The first kappa shape index (κ1) is 19.0. The molecule has 0 fully saturated rings. The van der Waals surface area contributed by atoms with Gasteiger partial charge < -0.3 is 15.8 Å². The molecule has 6 nitrogen and oxygen atoms in total. The molecule has 100 valence electrons. The molecule has 0 bridgehead atoms. The van der Waals surface area contributed by atoms with E-state index < -0.39 is 14.0 Å². The molecule has 1 N–H and O–H groups in total. The van der Waals surface area contributed by atoms with E-state index in [2.05, 4.69) is 24.6 Å². The van der Waals surface area contributed by atoms with E-state index in [1.165, 1.54) is 10.8 Å². The van der Waals surface area contributed by atoms with Crippen LogP contribution < -0.4 is 51.4 Å². The topological polar surface area (TPSA) is 88.1 Å². The van der Waals surface area contributed by atoms with Gasteiger partial charge in [-0.1, -0.05) is 19.6 Å². The minimum atomic E-state index is -1.16. The molecule has 0 spiro atoms. The Balaban J connectivity index is 0. The molecule has 0 saturated heterocycles. The third-order valence-corrected chi connectivity index (χ3v) is 4.01. The summed E-state index contributed by atoms with van der Waals surface area (Å²) in [5.41, 5.74) is 0.0844. The van der Waals surface area contributed by atoms with Gasteiger partial charge in [-0.15, -0.1) is 0 Å². The Morgan fingerprint density at radius 2 is 2.26 bits per heavy atom. The van der Waals surface area contributed by atoms with Gasteiger partial charge in [-0.3, -0.25) is 0 Å². The van der Waals surface area contributed by atoms with E-state index in [1.54, 1.807) is 0 Å². The largest absolute Gasteiger partial charge is 1.00 e. The molecule has 0 aliphatic heterocycles. The number of imidazole rings is 1. The first-order valence-corrected chi connectivity index (χ1v) is 9.32. The van der Waals surface area contributed by atoms with E-state index in [9.17, 15) is 4.79 Å². The zero-order valence-corrected chi connectivity index (χ0v) is 15.9. The Bertz CT molecular complexity index is 482. The Morgan fingerprint density at radius 3 is 2.74 bits per heavy atom. The fourth-order valence-corrected chi connectivity index (χ4v) is 2.04. The van der Waals surface area contributed by atoms with Crippen LogP contribution >= 0.6 is 0 Å². The Kier molecular flexibility index (Phi) is 8.30. The zero-order chi connectivity index (χ0) is 13.8. The van der Waals surface area contributed by atoms with E-state index in [-0.39, 0.29) is 71.1 Å². The SMILES string of the molecule is C[Si](C)(C)CCOCn1cc(C#N)nc1C(=O)O.[H-].[K+]. The molecule has 0 aromatic carbocycles. The summed E-state index contributed by atoms with van der Waals surface area (Å²) in [7, 11) is -1.15. The molecule has 1 aromatic heterocycles. The van der Waals surface area contributed by atoms with E-state index >= 15 is 0 Å². The second kappa shape index (κ2) is 8.31. The second-order valence-corrected chi connectivity index (χ2v) is 10.8. The van der Waals surface area contributed by atoms with Crippen LogP contribution in [0.5, 0.6) is 0 Å². The van der Waals surface area contributed by atoms with Gasteiger partial charge in [-0.25, -0.2) is 9.78 Å². The van der Waals surface area contributed by atoms with Gasteiger partial charge in [-0.05, 0) is 6.04 Å². The molecule has 0 aliphatic carbocycles. The summed E-state index contributed by atoms with van der Waals surface area (Å²) in [5.74, 6) is -1.33. The number of rotatable bonds is 6. The van der Waals surface area contributed by atoms with E-state index in [1.807, 2.05) is 6.07 Å². The van der Waals surface area contributed by atoms with Gasteiger partial charge in [0.15, 0.2) is 5.69 Å². The van der Waals surface area contributed by atoms with Crippen molar-refractivity contribution in [3.05, 3.63) is 17.7 Å². The number of carboxylic acids is 1. The van der Waals surface area contributed by atoms with Gasteiger partial charge in [-0.2, -0.15) is 5.26 Å². The molecule has 0 unspecified atom stereocenters. The molecular weight excluding hydrogens is 289 g/mol. The third kappa shape index (κ3) is 6.80. The molecule has 0 saturated carbocycles. The van der Waals surface area contributed by atoms with Crippen molar-refractivity contribution < 1.29 is 67.4 Å². The Morgan fingerprint density at radius 1 is 1.63 bits per heavy atom. The summed E-state index contributed by atoms with van der Waals surface area (Å²) in [4.78, 5) is 14.6. The second-order valence-electron chi connectivity index (χ2n) is 5.18. The number of ether oxygens (including phenoxy) is 1. The van der Waals surface area contributed by atoms with Crippen molar-refractivity contribution >= 4 is 14.0 Å². The van der Waals surface area contributed by atoms with E-state index in [4.69, 9.17) is 15.1 Å². The maximum Gasteiger partial charge on any atom is 1.00 e. The number of hydrogen-bond donors (Lipinski definition) is 1. The molecular formula is C11H18KN3O3Si. The van der Waals surface area contributed by atoms with Crippen molar-refractivity contribution in [2.75, 3.05) is 6.61 Å². The van der Waals surface area contributed by atoms with Gasteiger partial charge in [0.25, 0.3) is 0 Å². The minimum Gasteiger partial charge on any atom is -1.00 e. The van der Waals surface area contributed by atoms with Crippen LogP contribution in [0, 0.1) is 11.3 Å². The maximum absolute atomic E-state index is 10.9. The summed E-state index contributed by atoms with van der Waals surface area (Å²) < 4.78 is 6.77. The molecule has 0 amide bonds. The van der Waals surface area contributed by atoms with Crippen molar-refractivity contribution in [3.63, 3.8) is 0 Å². The molecule has 0 radical (unpaired) electrons. The van der Waals surface area contributed by atoms with Gasteiger partial charge in [0.05, 0.1) is 0 Å². The number of carbonyl (C=O) groups is 1. The van der Waals surface area contributed by atoms with Crippen molar-refractivity contribution in [1.82, 2.24) is 9.55 Å². The monoisotopic (exact) mass is 307 g/mol. The molecule has 0 atom stereocenters. The number of carboxylic acid groups (broad SMARTS) is 1. The van der Waals surface area contributed by atoms with Crippen LogP contribution in [0.15, 0.2) is 6.20 Å². The van der Waals surface area contributed by atoms with Gasteiger partial charge in [0, 0.05) is 20.9 Å². The smallest absolute Gasteiger partial charge is 1.00 e. The van der Waals surface area contributed by atoms with Crippen LogP contribution in [-0.2, 0) is 11.5 Å². The standard InChI is InChI=1S/C11H17N3O3Si.K.H/c1-18(2,3)5-4-17-8-14-7-9(6-12)13-10(14)11(15)16;;/h7H,4-5,8H2,1-3H3,(H,15,16);;/q;+1;-1.